The lowest BCUT2D eigenvalue weighted by Crippen LogP contribution is -2.38. The molecule has 0 spiro atoms. The van der Waals surface area contributed by atoms with E-state index in [-0.39, 0.29) is 17.8 Å². The van der Waals surface area contributed by atoms with Gasteiger partial charge in [0.1, 0.15) is 18.4 Å². The second-order valence-electron chi connectivity index (χ2n) is 8.21. The average molecular weight is 403 g/mol. The highest BCUT2D eigenvalue weighted by Gasteiger charge is 2.33. The molecule has 2 aromatic rings. The largest absolute Gasteiger partial charge is 0.487 e. The number of Topliss-reactive ketones (excluding diaryl/α,β-unsaturated/α-hetero) is 1. The highest BCUT2D eigenvalue weighted by atomic mass is 16.5. The summed E-state index contributed by atoms with van der Waals surface area (Å²) in [5, 5.41) is 0. The average Bonchev–Trinajstić information content (AvgIpc) is 3.47. The fourth-order valence-corrected chi connectivity index (χ4v) is 4.93. The number of likely N-dealkylation sites (tertiary alicyclic amines) is 1. The van der Waals surface area contributed by atoms with Crippen LogP contribution in [-0.2, 0) is 38.5 Å². The van der Waals surface area contributed by atoms with E-state index in [0.717, 1.165) is 65.9 Å². The predicted molar refractivity (Wildman–Crippen MR) is 114 cm³/mol. The molecule has 2 aromatic carbocycles. The molecule has 0 N–H and O–H groups in total. The van der Waals surface area contributed by atoms with Crippen LogP contribution in [-0.4, -0.2) is 42.9 Å². The molecule has 0 bridgehead atoms. The summed E-state index contributed by atoms with van der Waals surface area (Å²) in [5.74, 6) is 0.718. The zero-order valence-corrected chi connectivity index (χ0v) is 17.1. The molecule has 1 atom stereocenters. The number of ether oxygens (including phenoxy) is 2. The Bertz CT molecular complexity index is 1050. The Hall–Kier alpha value is -2.92. The van der Waals surface area contributed by atoms with Gasteiger partial charge in [-0.2, -0.15) is 0 Å². The molecule has 0 amide bonds. The molecule has 30 heavy (non-hydrogen) atoms. The van der Waals surface area contributed by atoms with Crippen LogP contribution in [0.3, 0.4) is 0 Å². The van der Waals surface area contributed by atoms with E-state index in [0.29, 0.717) is 13.0 Å². The van der Waals surface area contributed by atoms with Crippen LogP contribution >= 0.6 is 0 Å². The first-order valence-corrected chi connectivity index (χ1v) is 10.6. The van der Waals surface area contributed by atoms with E-state index in [1.54, 1.807) is 0 Å². The minimum absolute atomic E-state index is 0.113. The van der Waals surface area contributed by atoms with E-state index in [2.05, 4.69) is 23.1 Å². The normalized spacial score (nSPS) is 22.7. The molecule has 1 aliphatic carbocycles. The third-order valence-corrected chi connectivity index (χ3v) is 6.45. The maximum Gasteiger partial charge on any atom is 0.323 e. The Labute approximate surface area is 176 Å². The van der Waals surface area contributed by atoms with Gasteiger partial charge in [-0.1, -0.05) is 42.5 Å². The summed E-state index contributed by atoms with van der Waals surface area (Å²) >= 11 is 0. The second kappa shape index (κ2) is 7.73. The molecule has 154 valence electrons. The number of benzene rings is 2. The van der Waals surface area contributed by atoms with Crippen LogP contribution in [0.5, 0.6) is 0 Å². The number of nitrogens with zero attached hydrogens (tertiary/aromatic N) is 1. The smallest absolute Gasteiger partial charge is 0.323 e. The minimum atomic E-state index is -0.132. The van der Waals surface area contributed by atoms with Crippen LogP contribution < -0.4 is 0 Å². The lowest BCUT2D eigenvalue weighted by Gasteiger charge is -2.22. The Morgan fingerprint density at radius 2 is 2.03 bits per heavy atom. The Morgan fingerprint density at radius 3 is 2.90 bits per heavy atom. The molecule has 5 heteroatoms. The third kappa shape index (κ3) is 3.23. The molecule has 0 saturated carbocycles. The fourth-order valence-electron chi connectivity index (χ4n) is 4.93. The summed E-state index contributed by atoms with van der Waals surface area (Å²) in [6, 6.07) is 14.2. The SMILES string of the molecule is COC(=O)[C@@H]1CCCN1CCc1ccc2c(c1)CO/C2=C1/C(=O)Cc2ccccc21. The van der Waals surface area contributed by atoms with Gasteiger partial charge in [-0.15, -0.1) is 0 Å². The highest BCUT2D eigenvalue weighted by molar-refractivity contribution is 6.31. The van der Waals surface area contributed by atoms with Crippen molar-refractivity contribution in [2.24, 2.45) is 0 Å². The molecule has 2 heterocycles. The summed E-state index contributed by atoms with van der Waals surface area (Å²) < 4.78 is 11.0. The number of ketones is 1. The first-order valence-electron chi connectivity index (χ1n) is 10.6. The quantitative estimate of drug-likeness (QED) is 0.579. The fraction of sp³-hybridized carbons (Fsp3) is 0.360. The lowest BCUT2D eigenvalue weighted by molar-refractivity contribution is -0.145. The number of carbonyl (C=O) groups excluding carboxylic acids is 2. The van der Waals surface area contributed by atoms with Gasteiger partial charge in [-0.05, 0) is 42.5 Å². The molecular weight excluding hydrogens is 378 g/mol. The summed E-state index contributed by atoms with van der Waals surface area (Å²) in [6.07, 6.45) is 3.22. The second-order valence-corrected chi connectivity index (χ2v) is 8.21. The number of rotatable bonds is 4. The van der Waals surface area contributed by atoms with Crippen LogP contribution in [0.25, 0.3) is 11.3 Å². The van der Waals surface area contributed by atoms with Crippen LogP contribution in [0.1, 0.15) is 40.7 Å². The minimum Gasteiger partial charge on any atom is -0.487 e. The van der Waals surface area contributed by atoms with E-state index < -0.39 is 0 Å². The molecule has 5 rings (SSSR count). The van der Waals surface area contributed by atoms with Gasteiger partial charge in [0.2, 0.25) is 0 Å². The van der Waals surface area contributed by atoms with Crippen molar-refractivity contribution in [3.05, 3.63) is 70.3 Å². The first kappa shape index (κ1) is 19.1. The summed E-state index contributed by atoms with van der Waals surface area (Å²) in [7, 11) is 1.46. The molecule has 0 unspecified atom stereocenters. The Balaban J connectivity index is 1.36. The zero-order valence-electron chi connectivity index (χ0n) is 17.1. The van der Waals surface area contributed by atoms with Gasteiger partial charge in [0, 0.05) is 24.1 Å². The molecular formula is C25H25NO4. The molecule has 3 aliphatic rings. The topological polar surface area (TPSA) is 55.8 Å². The van der Waals surface area contributed by atoms with Gasteiger partial charge < -0.3 is 9.47 Å². The van der Waals surface area contributed by atoms with Crippen LogP contribution in [0.4, 0.5) is 0 Å². The third-order valence-electron chi connectivity index (χ3n) is 6.45. The number of methoxy groups -OCH3 is 1. The molecule has 0 radical (unpaired) electrons. The number of hydrogen-bond acceptors (Lipinski definition) is 5. The number of hydrogen-bond donors (Lipinski definition) is 0. The molecule has 2 aliphatic heterocycles. The van der Waals surface area contributed by atoms with Gasteiger partial charge in [0.25, 0.3) is 0 Å². The predicted octanol–water partition coefficient (Wildman–Crippen LogP) is 3.39. The van der Waals surface area contributed by atoms with Gasteiger partial charge >= 0.3 is 5.97 Å². The van der Waals surface area contributed by atoms with E-state index in [4.69, 9.17) is 9.47 Å². The molecule has 5 nitrogen and oxygen atoms in total. The van der Waals surface area contributed by atoms with Crippen molar-refractivity contribution in [2.45, 2.75) is 38.3 Å². The maximum atomic E-state index is 12.7. The van der Waals surface area contributed by atoms with Crippen molar-refractivity contribution in [3.8, 4) is 0 Å². The lowest BCUT2D eigenvalue weighted by atomic mass is 9.98. The van der Waals surface area contributed by atoms with Crippen molar-refractivity contribution in [1.29, 1.82) is 0 Å². The van der Waals surface area contributed by atoms with Crippen LogP contribution in [0.2, 0.25) is 0 Å². The van der Waals surface area contributed by atoms with Crippen LogP contribution in [0.15, 0.2) is 42.5 Å². The van der Waals surface area contributed by atoms with Gasteiger partial charge in [0.05, 0.1) is 12.7 Å². The maximum absolute atomic E-state index is 12.7. The zero-order chi connectivity index (χ0) is 20.7. The summed E-state index contributed by atoms with van der Waals surface area (Å²) in [6.45, 7) is 2.26. The van der Waals surface area contributed by atoms with Crippen molar-refractivity contribution >= 4 is 23.1 Å². The number of fused-ring (bicyclic) bond motifs is 2. The van der Waals surface area contributed by atoms with Gasteiger partial charge in [0.15, 0.2) is 5.78 Å². The number of carbonyl (C=O) groups is 2. The van der Waals surface area contributed by atoms with Gasteiger partial charge in [-0.25, -0.2) is 0 Å². The van der Waals surface area contributed by atoms with E-state index in [9.17, 15) is 9.59 Å². The van der Waals surface area contributed by atoms with E-state index >= 15 is 0 Å². The summed E-state index contributed by atoms with van der Waals surface area (Å²) in [5.41, 5.74) is 6.15. The van der Waals surface area contributed by atoms with Crippen molar-refractivity contribution in [3.63, 3.8) is 0 Å². The molecule has 0 aromatic heterocycles. The highest BCUT2D eigenvalue weighted by Crippen LogP contribution is 2.40. The van der Waals surface area contributed by atoms with E-state index in [1.807, 2.05) is 24.3 Å². The Morgan fingerprint density at radius 1 is 1.17 bits per heavy atom. The van der Waals surface area contributed by atoms with E-state index in [1.165, 1.54) is 12.7 Å². The first-order chi connectivity index (χ1) is 14.7. The van der Waals surface area contributed by atoms with Crippen molar-refractivity contribution < 1.29 is 19.1 Å². The van der Waals surface area contributed by atoms with Crippen LogP contribution in [0, 0.1) is 0 Å². The molecule has 1 saturated heterocycles. The monoisotopic (exact) mass is 403 g/mol. The summed E-state index contributed by atoms with van der Waals surface area (Å²) in [4.78, 5) is 26.8. The number of allylic oxidation sites excluding steroid dienone is 1. The number of esters is 1. The van der Waals surface area contributed by atoms with Crippen molar-refractivity contribution in [2.75, 3.05) is 20.2 Å². The molecule has 1 fully saturated rings. The van der Waals surface area contributed by atoms with Crippen molar-refractivity contribution in [1.82, 2.24) is 4.90 Å². The van der Waals surface area contributed by atoms with Gasteiger partial charge in [-0.3, -0.25) is 14.5 Å². The standard InChI is InChI=1S/C25H25NO4/c1-29-25(28)21-7-4-11-26(21)12-10-16-8-9-20-18(13-16)15-30-24(20)23-19-6-3-2-5-17(19)14-22(23)27/h2-3,5-6,8-9,13,21H,4,7,10-12,14-15H2,1H3/b24-23+/t21-/m0/s1. The Kier molecular flexibility index (Phi) is 4.91.